The van der Waals surface area contributed by atoms with Gasteiger partial charge in [-0.2, -0.15) is 5.10 Å². The van der Waals surface area contributed by atoms with Crippen LogP contribution < -0.4 is 10.2 Å². The van der Waals surface area contributed by atoms with Crippen molar-refractivity contribution in [1.29, 1.82) is 0 Å². The summed E-state index contributed by atoms with van der Waals surface area (Å²) in [6, 6.07) is 7.55. The Kier molecular flexibility index (Phi) is 5.40. The maximum atomic E-state index is 6.11. The number of ether oxygens (including phenoxy) is 1. The van der Waals surface area contributed by atoms with Crippen LogP contribution in [0.1, 0.15) is 10.4 Å². The van der Waals surface area contributed by atoms with Crippen LogP contribution in [0.15, 0.2) is 34.7 Å². The molecule has 3 rings (SSSR count). The Bertz CT molecular complexity index is 853. The van der Waals surface area contributed by atoms with E-state index in [0.717, 1.165) is 26.1 Å². The molecule has 0 saturated carbocycles. The molecule has 124 valence electrons. The van der Waals surface area contributed by atoms with Crippen LogP contribution in [-0.2, 0) is 0 Å². The van der Waals surface area contributed by atoms with Gasteiger partial charge in [-0.1, -0.05) is 29.3 Å². The highest BCUT2D eigenvalue weighted by atomic mass is 35.5. The third-order valence-electron chi connectivity index (χ3n) is 3.15. The number of aromatic nitrogens is 1. The van der Waals surface area contributed by atoms with Gasteiger partial charge in [0, 0.05) is 4.88 Å². The Morgan fingerprint density at radius 3 is 2.67 bits per heavy atom. The first-order chi connectivity index (χ1) is 11.6. The number of methoxy groups -OCH3 is 1. The summed E-state index contributed by atoms with van der Waals surface area (Å²) in [5, 5.41) is 7.86. The van der Waals surface area contributed by atoms with Gasteiger partial charge in [0.25, 0.3) is 0 Å². The molecule has 0 amide bonds. The average molecular weight is 398 g/mol. The number of rotatable bonds is 5. The molecule has 1 N–H and O–H groups in total. The molecule has 0 unspecified atom stereocenters. The molecule has 0 spiro atoms. The lowest BCUT2D eigenvalue weighted by Crippen LogP contribution is -1.92. The van der Waals surface area contributed by atoms with Crippen molar-refractivity contribution in [2.75, 3.05) is 12.5 Å². The molecular weight excluding hydrogens is 385 g/mol. The molecule has 4 nitrogen and oxygen atoms in total. The summed E-state index contributed by atoms with van der Waals surface area (Å²) < 4.78 is 5.12. The minimum atomic E-state index is 0.441. The van der Waals surface area contributed by atoms with Gasteiger partial charge in [-0.25, -0.2) is 4.98 Å². The second-order valence-corrected chi connectivity index (χ2v) is 7.75. The summed E-state index contributed by atoms with van der Waals surface area (Å²) in [4.78, 5) is 6.87. The number of aryl methyl sites for hydroxylation is 1. The van der Waals surface area contributed by atoms with Crippen LogP contribution >= 0.6 is 45.9 Å². The van der Waals surface area contributed by atoms with Gasteiger partial charge in [0.15, 0.2) is 5.75 Å². The highest BCUT2D eigenvalue weighted by Gasteiger charge is 2.10. The van der Waals surface area contributed by atoms with Gasteiger partial charge in [-0.3, -0.25) is 5.43 Å². The molecule has 2 heterocycles. The lowest BCUT2D eigenvalue weighted by Gasteiger charge is -2.06. The molecule has 0 aliphatic rings. The highest BCUT2D eigenvalue weighted by Crippen LogP contribution is 2.34. The summed E-state index contributed by atoms with van der Waals surface area (Å²) in [5.74, 6) is 0.458. The Labute approximate surface area is 157 Å². The number of hydrogen-bond donors (Lipinski definition) is 1. The maximum absolute atomic E-state index is 6.11. The molecule has 0 saturated heterocycles. The quantitative estimate of drug-likeness (QED) is 0.427. The van der Waals surface area contributed by atoms with E-state index < -0.39 is 0 Å². The van der Waals surface area contributed by atoms with E-state index in [-0.39, 0.29) is 0 Å². The molecule has 0 atom stereocenters. The Morgan fingerprint density at radius 2 is 2.04 bits per heavy atom. The fraction of sp³-hybridized carbons (Fsp3) is 0.125. The van der Waals surface area contributed by atoms with E-state index in [2.05, 4.69) is 21.6 Å². The zero-order valence-electron chi connectivity index (χ0n) is 12.8. The van der Waals surface area contributed by atoms with Crippen LogP contribution in [0, 0.1) is 6.92 Å². The van der Waals surface area contributed by atoms with Crippen molar-refractivity contribution in [2.24, 2.45) is 5.10 Å². The fourth-order valence-corrected chi connectivity index (χ4v) is 4.37. The molecule has 8 heteroatoms. The Morgan fingerprint density at radius 1 is 1.29 bits per heavy atom. The topological polar surface area (TPSA) is 46.5 Å². The van der Waals surface area contributed by atoms with Gasteiger partial charge in [0.05, 0.1) is 33.9 Å². The van der Waals surface area contributed by atoms with Crippen LogP contribution in [-0.4, -0.2) is 18.3 Å². The van der Waals surface area contributed by atoms with Gasteiger partial charge in [0.1, 0.15) is 0 Å². The number of benzene rings is 1. The molecule has 0 aliphatic carbocycles. The number of hydrogen-bond acceptors (Lipinski definition) is 6. The first-order valence-corrected chi connectivity index (χ1v) is 9.37. The molecule has 0 bridgehead atoms. The second-order valence-electron chi connectivity index (χ2n) is 4.79. The SMILES string of the molecule is COc1c(Cl)cc(/C=N\Nc2nc(-c3cccs3)c(C)s2)cc1Cl. The summed E-state index contributed by atoms with van der Waals surface area (Å²) in [7, 11) is 1.53. The minimum Gasteiger partial charge on any atom is -0.494 e. The summed E-state index contributed by atoms with van der Waals surface area (Å²) in [5.41, 5.74) is 4.71. The zero-order valence-corrected chi connectivity index (χ0v) is 16.0. The van der Waals surface area contributed by atoms with Crippen LogP contribution in [0.5, 0.6) is 5.75 Å². The number of thiophene rings is 1. The number of nitrogens with one attached hydrogen (secondary N) is 1. The normalized spacial score (nSPS) is 11.2. The molecule has 3 aromatic rings. The molecule has 0 radical (unpaired) electrons. The number of halogens is 2. The number of hydrazone groups is 1. The number of anilines is 1. The lowest BCUT2D eigenvalue weighted by molar-refractivity contribution is 0.415. The zero-order chi connectivity index (χ0) is 17.1. The van der Waals surface area contributed by atoms with Crippen LogP contribution in [0.25, 0.3) is 10.6 Å². The van der Waals surface area contributed by atoms with E-state index in [1.54, 1.807) is 41.0 Å². The summed E-state index contributed by atoms with van der Waals surface area (Å²) in [6.45, 7) is 2.05. The van der Waals surface area contributed by atoms with E-state index in [4.69, 9.17) is 27.9 Å². The molecule has 0 aliphatic heterocycles. The van der Waals surface area contributed by atoms with Crippen LogP contribution in [0.2, 0.25) is 10.0 Å². The third-order valence-corrected chi connectivity index (χ3v) is 5.46. The number of thiazole rings is 1. The van der Waals surface area contributed by atoms with Gasteiger partial charge in [-0.05, 0) is 36.1 Å². The predicted molar refractivity (Wildman–Crippen MR) is 104 cm³/mol. The molecule has 24 heavy (non-hydrogen) atoms. The van der Waals surface area contributed by atoms with E-state index in [0.29, 0.717) is 15.8 Å². The lowest BCUT2D eigenvalue weighted by atomic mass is 10.2. The molecule has 0 fully saturated rings. The van der Waals surface area contributed by atoms with Crippen molar-refractivity contribution < 1.29 is 4.74 Å². The number of nitrogens with zero attached hydrogens (tertiary/aromatic N) is 2. The van der Waals surface area contributed by atoms with Gasteiger partial charge in [-0.15, -0.1) is 22.7 Å². The smallest absolute Gasteiger partial charge is 0.204 e. The molecule has 2 aromatic heterocycles. The largest absolute Gasteiger partial charge is 0.494 e. The predicted octanol–water partition coefficient (Wildman–Crippen LogP) is 5.94. The van der Waals surface area contributed by atoms with Crippen molar-refractivity contribution >= 4 is 57.2 Å². The summed E-state index contributed by atoms with van der Waals surface area (Å²) in [6.07, 6.45) is 1.64. The van der Waals surface area contributed by atoms with Gasteiger partial charge >= 0.3 is 0 Å². The van der Waals surface area contributed by atoms with Crippen molar-refractivity contribution in [3.63, 3.8) is 0 Å². The van der Waals surface area contributed by atoms with E-state index in [1.807, 2.05) is 18.4 Å². The van der Waals surface area contributed by atoms with Crippen LogP contribution in [0.4, 0.5) is 5.13 Å². The van der Waals surface area contributed by atoms with Gasteiger partial charge < -0.3 is 4.74 Å². The first-order valence-electron chi connectivity index (χ1n) is 6.92. The molecular formula is C16H13Cl2N3OS2. The van der Waals surface area contributed by atoms with E-state index in [1.165, 1.54) is 7.11 Å². The van der Waals surface area contributed by atoms with Crippen molar-refractivity contribution in [3.8, 4) is 16.3 Å². The van der Waals surface area contributed by atoms with Crippen LogP contribution in [0.3, 0.4) is 0 Å². The van der Waals surface area contributed by atoms with Crippen molar-refractivity contribution in [3.05, 3.63) is 50.1 Å². The fourth-order valence-electron chi connectivity index (χ4n) is 2.10. The van der Waals surface area contributed by atoms with Gasteiger partial charge in [0.2, 0.25) is 5.13 Å². The van der Waals surface area contributed by atoms with Crippen molar-refractivity contribution in [2.45, 2.75) is 6.92 Å². The minimum absolute atomic E-state index is 0.441. The Hall–Kier alpha value is -1.60. The monoisotopic (exact) mass is 397 g/mol. The highest BCUT2D eigenvalue weighted by molar-refractivity contribution is 7.17. The third kappa shape index (κ3) is 3.72. The van der Waals surface area contributed by atoms with E-state index in [9.17, 15) is 0 Å². The average Bonchev–Trinajstić information content (AvgIpc) is 3.16. The Balaban J connectivity index is 1.74. The second kappa shape index (κ2) is 7.53. The maximum Gasteiger partial charge on any atom is 0.204 e. The molecule has 1 aromatic carbocycles. The van der Waals surface area contributed by atoms with Crippen molar-refractivity contribution in [1.82, 2.24) is 4.98 Å². The summed E-state index contributed by atoms with van der Waals surface area (Å²) >= 11 is 15.4. The standard InChI is InChI=1S/C16H13Cl2N3OS2/c1-9-14(13-4-3-5-23-13)20-16(24-9)21-19-8-10-6-11(17)15(22-2)12(18)7-10/h3-8H,1-2H3,(H,20,21)/b19-8-. The van der Waals surface area contributed by atoms with E-state index >= 15 is 0 Å². The first kappa shape index (κ1) is 17.2.